The van der Waals surface area contributed by atoms with E-state index in [1.54, 1.807) is 25.5 Å². The molecule has 6 aromatic rings. The number of aromatic nitrogens is 7. The van der Waals surface area contributed by atoms with Crippen LogP contribution in [0.4, 0.5) is 5.82 Å². The number of imidazole rings is 1. The number of benzene rings is 1. The molecule has 1 aromatic carbocycles. The summed E-state index contributed by atoms with van der Waals surface area (Å²) in [6, 6.07) is 11.9. The van der Waals surface area contributed by atoms with E-state index in [9.17, 15) is 4.79 Å². The number of rotatable bonds is 5. The first-order chi connectivity index (χ1) is 18.0. The molecule has 1 saturated heterocycles. The third-order valence-electron chi connectivity index (χ3n) is 6.52. The normalized spacial score (nSPS) is 13.9. The molecule has 182 valence electrons. The standard InChI is InChI=1S/C26H21N9OS/c1-13(36)21-5-6-22(37-21)15-3-2-4-17-24(15)32-26(31-17)25-16-7-18(29-9-19(16)33-34-25)20-8-28-10-23(30-20)35-11-14(27)12-35/h2-10,14H,11-12,27H2,1H3,(H,31,32)(H,33,34). The van der Waals surface area contributed by atoms with Crippen LogP contribution in [0.5, 0.6) is 0 Å². The van der Waals surface area contributed by atoms with Gasteiger partial charge in [0.2, 0.25) is 0 Å². The van der Waals surface area contributed by atoms with Crippen molar-refractivity contribution in [1.82, 2.24) is 35.1 Å². The molecule has 0 aliphatic carbocycles. The van der Waals surface area contributed by atoms with Crippen molar-refractivity contribution in [3.63, 3.8) is 0 Å². The molecule has 5 aromatic heterocycles. The van der Waals surface area contributed by atoms with Gasteiger partial charge in [0.15, 0.2) is 11.6 Å². The highest BCUT2D eigenvalue weighted by atomic mass is 32.1. The molecule has 10 nitrogen and oxygen atoms in total. The second kappa shape index (κ2) is 8.29. The van der Waals surface area contributed by atoms with Gasteiger partial charge in [-0.3, -0.25) is 19.9 Å². The lowest BCUT2D eigenvalue weighted by atomic mass is 10.1. The Bertz CT molecular complexity index is 1810. The summed E-state index contributed by atoms with van der Waals surface area (Å²) in [7, 11) is 0. The lowest BCUT2D eigenvalue weighted by molar-refractivity contribution is 0.102. The minimum Gasteiger partial charge on any atom is -0.352 e. The number of hydrogen-bond acceptors (Lipinski definition) is 9. The lowest BCUT2D eigenvalue weighted by Crippen LogP contribution is -2.56. The maximum atomic E-state index is 11.8. The van der Waals surface area contributed by atoms with Gasteiger partial charge in [-0.1, -0.05) is 12.1 Å². The molecule has 37 heavy (non-hydrogen) atoms. The van der Waals surface area contributed by atoms with Crippen molar-refractivity contribution in [3.05, 3.63) is 59.9 Å². The molecule has 11 heteroatoms. The number of H-pyrrole nitrogens is 2. The topological polar surface area (TPSA) is 142 Å². The molecule has 0 atom stereocenters. The fourth-order valence-corrected chi connectivity index (χ4v) is 5.51. The average Bonchev–Trinajstić information content (AvgIpc) is 3.64. The van der Waals surface area contributed by atoms with E-state index in [-0.39, 0.29) is 11.8 Å². The van der Waals surface area contributed by atoms with Gasteiger partial charge in [0.05, 0.1) is 45.7 Å². The van der Waals surface area contributed by atoms with Gasteiger partial charge < -0.3 is 15.6 Å². The summed E-state index contributed by atoms with van der Waals surface area (Å²) in [6.45, 7) is 3.12. The van der Waals surface area contributed by atoms with Crippen LogP contribution >= 0.6 is 11.3 Å². The van der Waals surface area contributed by atoms with Crippen LogP contribution in [-0.2, 0) is 0 Å². The van der Waals surface area contributed by atoms with Crippen LogP contribution in [0.25, 0.3) is 55.3 Å². The SMILES string of the molecule is CC(=O)c1ccc(-c2cccc3[nH]c(-c4n[nH]c5cnc(-c6cncc(N7CC(N)C7)n6)cc45)nc23)s1. The van der Waals surface area contributed by atoms with E-state index in [1.165, 1.54) is 11.3 Å². The number of pyridine rings is 1. The predicted molar refractivity (Wildman–Crippen MR) is 144 cm³/mol. The van der Waals surface area contributed by atoms with Crippen molar-refractivity contribution in [2.45, 2.75) is 13.0 Å². The summed E-state index contributed by atoms with van der Waals surface area (Å²) >= 11 is 1.47. The van der Waals surface area contributed by atoms with E-state index in [0.717, 1.165) is 56.2 Å². The van der Waals surface area contributed by atoms with Gasteiger partial charge in [0.1, 0.15) is 17.2 Å². The molecule has 1 fully saturated rings. The number of nitrogens with one attached hydrogen (secondary N) is 2. The van der Waals surface area contributed by atoms with Crippen molar-refractivity contribution >= 4 is 44.9 Å². The van der Waals surface area contributed by atoms with E-state index in [1.807, 2.05) is 36.4 Å². The molecule has 0 saturated carbocycles. The number of nitrogens with zero attached hydrogens (tertiary/aromatic N) is 6. The Morgan fingerprint density at radius 3 is 2.78 bits per heavy atom. The summed E-state index contributed by atoms with van der Waals surface area (Å²) in [5.41, 5.74) is 11.5. The van der Waals surface area contributed by atoms with E-state index >= 15 is 0 Å². The van der Waals surface area contributed by atoms with Crippen LogP contribution in [0.2, 0.25) is 0 Å². The van der Waals surface area contributed by atoms with Gasteiger partial charge in [0, 0.05) is 35.0 Å². The second-order valence-corrected chi connectivity index (χ2v) is 10.2. The Morgan fingerprint density at radius 1 is 1.08 bits per heavy atom. The monoisotopic (exact) mass is 507 g/mol. The van der Waals surface area contributed by atoms with Crippen molar-refractivity contribution in [1.29, 1.82) is 0 Å². The van der Waals surface area contributed by atoms with Gasteiger partial charge in [0.25, 0.3) is 0 Å². The Hall–Kier alpha value is -4.48. The molecular formula is C26H21N9OS. The number of nitrogens with two attached hydrogens (primary N) is 1. The zero-order valence-corrected chi connectivity index (χ0v) is 20.6. The van der Waals surface area contributed by atoms with Crippen LogP contribution < -0.4 is 10.6 Å². The first kappa shape index (κ1) is 21.8. The van der Waals surface area contributed by atoms with Crippen molar-refractivity contribution < 1.29 is 4.79 Å². The molecule has 0 spiro atoms. The van der Waals surface area contributed by atoms with Gasteiger partial charge in [-0.25, -0.2) is 9.97 Å². The Labute approximate surface area is 214 Å². The van der Waals surface area contributed by atoms with Crippen molar-refractivity contribution in [3.8, 4) is 33.3 Å². The number of thiophene rings is 1. The molecule has 1 aliphatic rings. The molecule has 4 N–H and O–H groups in total. The van der Waals surface area contributed by atoms with Crippen LogP contribution in [0.3, 0.4) is 0 Å². The van der Waals surface area contributed by atoms with Crippen molar-refractivity contribution in [2.24, 2.45) is 5.73 Å². The number of fused-ring (bicyclic) bond motifs is 2. The molecule has 1 aliphatic heterocycles. The number of anilines is 1. The molecular weight excluding hydrogens is 486 g/mol. The number of carbonyl (C=O) groups is 1. The predicted octanol–water partition coefficient (Wildman–Crippen LogP) is 4.04. The highest BCUT2D eigenvalue weighted by molar-refractivity contribution is 7.17. The maximum Gasteiger partial charge on any atom is 0.169 e. The number of aromatic amines is 2. The zero-order chi connectivity index (χ0) is 25.1. The number of para-hydroxylation sites is 1. The van der Waals surface area contributed by atoms with Gasteiger partial charge in [-0.2, -0.15) is 5.10 Å². The van der Waals surface area contributed by atoms with Gasteiger partial charge >= 0.3 is 0 Å². The number of ketones is 1. The summed E-state index contributed by atoms with van der Waals surface area (Å²) in [6.07, 6.45) is 5.20. The molecule has 0 bridgehead atoms. The molecule has 0 radical (unpaired) electrons. The molecule has 0 amide bonds. The van der Waals surface area contributed by atoms with E-state index in [0.29, 0.717) is 22.9 Å². The lowest BCUT2D eigenvalue weighted by Gasteiger charge is -2.37. The fourth-order valence-electron chi connectivity index (χ4n) is 4.58. The third kappa shape index (κ3) is 3.67. The smallest absolute Gasteiger partial charge is 0.169 e. The minimum atomic E-state index is 0.0576. The van der Waals surface area contributed by atoms with E-state index in [2.05, 4.69) is 30.0 Å². The highest BCUT2D eigenvalue weighted by Gasteiger charge is 2.25. The Morgan fingerprint density at radius 2 is 1.97 bits per heavy atom. The van der Waals surface area contributed by atoms with E-state index < -0.39 is 0 Å². The van der Waals surface area contributed by atoms with Gasteiger partial charge in [-0.05, 0) is 31.2 Å². The van der Waals surface area contributed by atoms with Crippen LogP contribution in [0, 0.1) is 0 Å². The molecule has 6 heterocycles. The first-order valence-electron chi connectivity index (χ1n) is 11.8. The Balaban J connectivity index is 1.29. The third-order valence-corrected chi connectivity index (χ3v) is 7.74. The largest absolute Gasteiger partial charge is 0.352 e. The first-order valence-corrected chi connectivity index (χ1v) is 12.6. The summed E-state index contributed by atoms with van der Waals surface area (Å²) in [5, 5.41) is 8.48. The number of carbonyl (C=O) groups excluding carboxylic acids is 1. The molecule has 7 rings (SSSR count). The van der Waals surface area contributed by atoms with Crippen molar-refractivity contribution in [2.75, 3.05) is 18.0 Å². The van der Waals surface area contributed by atoms with Gasteiger partial charge in [-0.15, -0.1) is 11.3 Å². The minimum absolute atomic E-state index is 0.0576. The quantitative estimate of drug-likeness (QED) is 0.297. The molecule has 0 unspecified atom stereocenters. The fraction of sp³-hybridized carbons (Fsp3) is 0.154. The zero-order valence-electron chi connectivity index (χ0n) is 19.8. The number of hydrogen-bond donors (Lipinski definition) is 3. The second-order valence-electron chi connectivity index (χ2n) is 9.12. The van der Waals surface area contributed by atoms with Crippen LogP contribution in [0.1, 0.15) is 16.6 Å². The number of Topliss-reactive ketones (excluding diaryl/α,β-unsaturated/α-hetero) is 1. The Kier molecular flexibility index (Phi) is 4.88. The summed E-state index contributed by atoms with van der Waals surface area (Å²) < 4.78 is 0. The summed E-state index contributed by atoms with van der Waals surface area (Å²) in [5.74, 6) is 1.49. The van der Waals surface area contributed by atoms with E-state index in [4.69, 9.17) is 15.7 Å². The van der Waals surface area contributed by atoms with Crippen LogP contribution in [0.15, 0.2) is 55.0 Å². The van der Waals surface area contributed by atoms with Crippen LogP contribution in [-0.4, -0.2) is 60.0 Å². The maximum absolute atomic E-state index is 11.8. The average molecular weight is 508 g/mol. The summed E-state index contributed by atoms with van der Waals surface area (Å²) in [4.78, 5) is 37.7. The highest BCUT2D eigenvalue weighted by Crippen LogP contribution is 2.35.